The highest BCUT2D eigenvalue weighted by Crippen LogP contribution is 2.50. The second-order valence-electron chi connectivity index (χ2n) is 8.84. The van der Waals surface area contributed by atoms with Gasteiger partial charge in [0.15, 0.2) is 0 Å². The van der Waals surface area contributed by atoms with Gasteiger partial charge in [0, 0.05) is 19.0 Å². The van der Waals surface area contributed by atoms with Crippen LogP contribution in [0.1, 0.15) is 37.4 Å². The lowest BCUT2D eigenvalue weighted by atomic mass is 9.76. The Kier molecular flexibility index (Phi) is 6.84. The fraction of sp³-hybridized carbons (Fsp3) is 0.370. The minimum absolute atomic E-state index is 0.0923. The molecule has 2 N–H and O–H groups in total. The van der Waals surface area contributed by atoms with Crippen LogP contribution in [0.4, 0.5) is 0 Å². The van der Waals surface area contributed by atoms with E-state index in [1.54, 1.807) is 12.2 Å². The summed E-state index contributed by atoms with van der Waals surface area (Å²) in [6, 6.07) is 15.9. The van der Waals surface area contributed by atoms with E-state index in [1.165, 1.54) is 4.90 Å². The van der Waals surface area contributed by atoms with Crippen LogP contribution < -0.4 is 10.1 Å². The van der Waals surface area contributed by atoms with Crippen molar-refractivity contribution < 1.29 is 24.2 Å². The van der Waals surface area contributed by atoms with Crippen LogP contribution in [0, 0.1) is 11.8 Å². The lowest BCUT2D eigenvalue weighted by Gasteiger charge is -2.31. The Morgan fingerprint density at radius 1 is 1.12 bits per heavy atom. The molecule has 2 fully saturated rings. The predicted molar refractivity (Wildman–Crippen MR) is 127 cm³/mol. The molecule has 2 aliphatic rings. The van der Waals surface area contributed by atoms with Crippen LogP contribution in [0.15, 0.2) is 66.7 Å². The summed E-state index contributed by atoms with van der Waals surface area (Å²) >= 11 is 0. The maximum Gasteiger partial charge on any atom is 0.325 e. The van der Waals surface area contributed by atoms with Gasteiger partial charge in [-0.2, -0.15) is 0 Å². The van der Waals surface area contributed by atoms with E-state index in [2.05, 4.69) is 5.32 Å². The highest BCUT2D eigenvalue weighted by atomic mass is 16.5. The van der Waals surface area contributed by atoms with Gasteiger partial charge in [-0.3, -0.25) is 24.6 Å². The molecule has 4 atom stereocenters. The van der Waals surface area contributed by atoms with Gasteiger partial charge in [-0.1, -0.05) is 61.5 Å². The predicted octanol–water partition coefficient (Wildman–Crippen LogP) is 3.36. The van der Waals surface area contributed by atoms with E-state index in [0.717, 1.165) is 17.5 Å². The number of hydrogen-bond donors (Lipinski definition) is 2. The summed E-state index contributed by atoms with van der Waals surface area (Å²) in [7, 11) is 0. The maximum atomic E-state index is 13.5. The van der Waals surface area contributed by atoms with Crippen molar-refractivity contribution in [1.82, 2.24) is 10.2 Å². The molecule has 2 aliphatic heterocycles. The van der Waals surface area contributed by atoms with Gasteiger partial charge in [-0.05, 0) is 36.6 Å². The number of benzene rings is 2. The van der Waals surface area contributed by atoms with Crippen molar-refractivity contribution in [2.24, 2.45) is 11.8 Å². The molecule has 0 saturated carbocycles. The minimum atomic E-state index is -1.61. The van der Waals surface area contributed by atoms with E-state index in [4.69, 9.17) is 4.74 Å². The number of carbonyl (C=O) groups is 3. The largest absolute Gasteiger partial charge is 0.494 e. The number of fused-ring (bicyclic) bond motifs is 1. The monoisotopic (exact) mass is 462 g/mol. The summed E-state index contributed by atoms with van der Waals surface area (Å²) < 4.78 is 5.67. The molecular weight excluding hydrogens is 432 g/mol. The van der Waals surface area contributed by atoms with Gasteiger partial charge in [-0.15, -0.1) is 0 Å². The van der Waals surface area contributed by atoms with Crippen molar-refractivity contribution in [2.45, 2.75) is 38.3 Å². The molecule has 34 heavy (non-hydrogen) atoms. The number of aliphatic carboxylic acids is 1. The van der Waals surface area contributed by atoms with Gasteiger partial charge >= 0.3 is 5.97 Å². The summed E-state index contributed by atoms with van der Waals surface area (Å²) in [5.41, 5.74) is -0.0674. The van der Waals surface area contributed by atoms with Crippen molar-refractivity contribution in [1.29, 1.82) is 0 Å². The molecule has 0 aliphatic carbocycles. The van der Waals surface area contributed by atoms with Gasteiger partial charge < -0.3 is 9.84 Å². The quantitative estimate of drug-likeness (QED) is 0.438. The molecule has 7 heteroatoms. The number of ether oxygens (including phenoxy) is 1. The Labute approximate surface area is 199 Å². The first-order valence-corrected chi connectivity index (χ1v) is 11.7. The van der Waals surface area contributed by atoms with Gasteiger partial charge in [0.05, 0.1) is 18.4 Å². The first-order chi connectivity index (χ1) is 16.4. The van der Waals surface area contributed by atoms with E-state index in [0.29, 0.717) is 12.4 Å². The molecule has 0 spiro atoms. The number of likely N-dealkylation sites (tertiary alicyclic amines) is 1. The van der Waals surface area contributed by atoms with E-state index in [9.17, 15) is 19.5 Å². The molecule has 4 unspecified atom stereocenters. The van der Waals surface area contributed by atoms with Crippen LogP contribution >= 0.6 is 0 Å². The third-order valence-corrected chi connectivity index (χ3v) is 6.69. The van der Waals surface area contributed by atoms with E-state index in [-0.39, 0.29) is 18.9 Å². The van der Waals surface area contributed by atoms with Crippen LogP contribution in [-0.2, 0) is 20.8 Å². The molecule has 2 aromatic carbocycles. The zero-order valence-electron chi connectivity index (χ0n) is 19.4. The highest BCUT2D eigenvalue weighted by Gasteiger charge is 2.68. The molecule has 4 rings (SSSR count). The van der Waals surface area contributed by atoms with Crippen molar-refractivity contribution >= 4 is 17.8 Å². The van der Waals surface area contributed by atoms with Crippen molar-refractivity contribution in [3.63, 3.8) is 0 Å². The number of carboxylic acids is 1. The molecule has 2 aromatic rings. The first kappa shape index (κ1) is 23.7. The Bertz CT molecular complexity index is 1080. The third-order valence-electron chi connectivity index (χ3n) is 6.69. The van der Waals surface area contributed by atoms with Gasteiger partial charge in [0.1, 0.15) is 11.3 Å². The lowest BCUT2D eigenvalue weighted by Crippen LogP contribution is -2.57. The molecule has 0 aromatic heterocycles. The zero-order valence-corrected chi connectivity index (χ0v) is 19.4. The molecular formula is C27H30N2O5. The van der Waals surface area contributed by atoms with Crippen LogP contribution in [0.3, 0.4) is 0 Å². The van der Waals surface area contributed by atoms with E-state index >= 15 is 0 Å². The highest BCUT2D eigenvalue weighted by molar-refractivity contribution is 6.09. The number of allylic oxidation sites excluding steroid dienone is 1. The molecule has 7 nitrogen and oxygen atoms in total. The van der Waals surface area contributed by atoms with E-state index in [1.807, 2.05) is 68.4 Å². The second kappa shape index (κ2) is 9.81. The molecule has 0 radical (unpaired) electrons. The summed E-state index contributed by atoms with van der Waals surface area (Å²) in [4.78, 5) is 41.0. The van der Waals surface area contributed by atoms with Crippen molar-refractivity contribution in [3.8, 4) is 5.75 Å². The Morgan fingerprint density at radius 2 is 1.82 bits per heavy atom. The maximum absolute atomic E-state index is 13.5. The number of amides is 2. The second-order valence-corrected chi connectivity index (χ2v) is 8.84. The van der Waals surface area contributed by atoms with Crippen molar-refractivity contribution in [2.75, 3.05) is 13.2 Å². The topological polar surface area (TPSA) is 95.9 Å². The third kappa shape index (κ3) is 4.12. The number of nitrogens with one attached hydrogen (secondary N) is 1. The SMILES string of the molecule is CC=CCN1C(=O)C2C(c3ccc(OCCC)cc3)NC(Cc3ccccc3)(C(=O)O)C2C1=O. The normalized spacial score (nSPS) is 26.3. The Hall–Kier alpha value is -3.45. The summed E-state index contributed by atoms with van der Waals surface area (Å²) in [5.74, 6) is -3.02. The average Bonchev–Trinajstić information content (AvgIpc) is 3.31. The number of rotatable bonds is 9. The Morgan fingerprint density at radius 3 is 2.44 bits per heavy atom. The zero-order chi connectivity index (χ0) is 24.3. The summed E-state index contributed by atoms with van der Waals surface area (Å²) in [6.45, 7) is 4.57. The first-order valence-electron chi connectivity index (χ1n) is 11.7. The molecule has 178 valence electrons. The van der Waals surface area contributed by atoms with Crippen LogP contribution in [-0.4, -0.2) is 46.5 Å². The Balaban J connectivity index is 1.76. The summed E-state index contributed by atoms with van der Waals surface area (Å²) in [5, 5.41) is 13.7. The molecule has 2 heterocycles. The molecule has 2 amide bonds. The van der Waals surface area contributed by atoms with Crippen LogP contribution in [0.25, 0.3) is 0 Å². The number of carbonyl (C=O) groups excluding carboxylic acids is 2. The number of carboxylic acid groups (broad SMARTS) is 1. The van der Waals surface area contributed by atoms with Crippen molar-refractivity contribution in [3.05, 3.63) is 77.9 Å². The summed E-state index contributed by atoms with van der Waals surface area (Å²) in [6.07, 6.45) is 4.48. The number of nitrogens with zero attached hydrogens (tertiary/aromatic N) is 1. The number of imide groups is 1. The standard InChI is InChI=1S/C27H30N2O5/c1-3-5-15-29-24(30)21-22(25(29)31)27(26(32)33,17-18-9-7-6-8-10-18)28-23(21)19-11-13-20(14-12-19)34-16-4-2/h3,5-14,21-23,28H,4,15-17H2,1-2H3,(H,32,33). The molecule has 0 bridgehead atoms. The number of hydrogen-bond acceptors (Lipinski definition) is 5. The fourth-order valence-electron chi connectivity index (χ4n) is 5.08. The van der Waals surface area contributed by atoms with Gasteiger partial charge in [-0.25, -0.2) is 0 Å². The van der Waals surface area contributed by atoms with Gasteiger partial charge in [0.25, 0.3) is 0 Å². The van der Waals surface area contributed by atoms with Crippen LogP contribution in [0.2, 0.25) is 0 Å². The minimum Gasteiger partial charge on any atom is -0.494 e. The lowest BCUT2D eigenvalue weighted by molar-refractivity contribution is -0.151. The van der Waals surface area contributed by atoms with E-state index < -0.39 is 35.3 Å². The average molecular weight is 463 g/mol. The fourth-order valence-corrected chi connectivity index (χ4v) is 5.08. The smallest absolute Gasteiger partial charge is 0.325 e. The van der Waals surface area contributed by atoms with Gasteiger partial charge in [0.2, 0.25) is 11.8 Å². The molecule has 2 saturated heterocycles. The van der Waals surface area contributed by atoms with Crippen LogP contribution in [0.5, 0.6) is 5.75 Å².